The third-order valence-electron chi connectivity index (χ3n) is 2.16. The van der Waals surface area contributed by atoms with Crippen molar-refractivity contribution in [3.63, 3.8) is 0 Å². The highest BCUT2D eigenvalue weighted by Gasteiger charge is 2.30. The summed E-state index contributed by atoms with van der Waals surface area (Å²) in [5.74, 6) is 0.374. The molecule has 0 amide bonds. The highest BCUT2D eigenvalue weighted by molar-refractivity contribution is 6.99. The number of nitrogens with zero attached hydrogens (tertiary/aromatic N) is 2. The molecule has 0 radical (unpaired) electrons. The summed E-state index contributed by atoms with van der Waals surface area (Å²) in [6, 6.07) is 5.07. The fourth-order valence-electron chi connectivity index (χ4n) is 1.33. The Hall–Kier alpha value is -1.34. The Morgan fingerprint density at radius 1 is 1.28 bits per heavy atom. The Kier molecular flexibility index (Phi) is 3.72. The monoisotopic (exact) mass is 293 g/mol. The number of alkyl halides is 3. The number of hydrogen-bond donors (Lipinski definition) is 1. The molecule has 1 N–H and O–H groups in total. The van der Waals surface area contributed by atoms with Gasteiger partial charge in [0.15, 0.2) is 11.0 Å². The minimum Gasteiger partial charge on any atom is -0.363 e. The van der Waals surface area contributed by atoms with Crippen LogP contribution in [0.4, 0.5) is 19.0 Å². The highest BCUT2D eigenvalue weighted by Crippen LogP contribution is 2.29. The second kappa shape index (κ2) is 5.11. The third kappa shape index (κ3) is 3.11. The van der Waals surface area contributed by atoms with Gasteiger partial charge in [-0.3, -0.25) is 0 Å². The van der Waals surface area contributed by atoms with E-state index in [-0.39, 0.29) is 11.7 Å². The number of rotatable bonds is 3. The van der Waals surface area contributed by atoms with E-state index < -0.39 is 11.7 Å². The largest absolute Gasteiger partial charge is 0.416 e. The molecule has 0 fully saturated rings. The molecule has 0 unspecified atom stereocenters. The summed E-state index contributed by atoms with van der Waals surface area (Å²) in [6.07, 6.45) is -4.34. The van der Waals surface area contributed by atoms with Gasteiger partial charge in [0, 0.05) is 6.54 Å². The van der Waals surface area contributed by atoms with Gasteiger partial charge in [-0.1, -0.05) is 23.7 Å². The van der Waals surface area contributed by atoms with E-state index in [1.54, 1.807) is 6.07 Å². The first-order chi connectivity index (χ1) is 8.47. The zero-order valence-corrected chi connectivity index (χ0v) is 10.4. The second-order valence-electron chi connectivity index (χ2n) is 3.46. The average Bonchev–Trinajstić information content (AvgIpc) is 2.72. The number of benzene rings is 1. The van der Waals surface area contributed by atoms with Crippen molar-refractivity contribution in [2.75, 3.05) is 5.32 Å². The van der Waals surface area contributed by atoms with Gasteiger partial charge in [-0.15, -0.1) is 0 Å². The summed E-state index contributed by atoms with van der Waals surface area (Å²) in [4.78, 5) is 0. The van der Waals surface area contributed by atoms with E-state index in [1.165, 1.54) is 6.07 Å². The van der Waals surface area contributed by atoms with Crippen LogP contribution >= 0.6 is 23.3 Å². The predicted octanol–water partition coefficient (Wildman–Crippen LogP) is 3.82. The second-order valence-corrected chi connectivity index (χ2v) is 4.34. The van der Waals surface area contributed by atoms with Crippen molar-refractivity contribution in [3.05, 3.63) is 40.5 Å². The van der Waals surface area contributed by atoms with Gasteiger partial charge < -0.3 is 5.32 Å². The molecule has 0 saturated heterocycles. The van der Waals surface area contributed by atoms with Gasteiger partial charge in [-0.05, 0) is 17.7 Å². The van der Waals surface area contributed by atoms with Crippen LogP contribution in [-0.2, 0) is 12.7 Å². The lowest BCUT2D eigenvalue weighted by Crippen LogP contribution is -2.07. The van der Waals surface area contributed by atoms with Crippen LogP contribution in [0.5, 0.6) is 0 Å². The van der Waals surface area contributed by atoms with Crippen molar-refractivity contribution < 1.29 is 13.2 Å². The predicted molar refractivity (Wildman–Crippen MR) is 63.7 cm³/mol. The number of anilines is 1. The molecule has 0 aliphatic rings. The van der Waals surface area contributed by atoms with Crippen LogP contribution in [0.3, 0.4) is 0 Å². The van der Waals surface area contributed by atoms with Crippen molar-refractivity contribution in [3.8, 4) is 0 Å². The van der Waals surface area contributed by atoms with E-state index in [2.05, 4.69) is 14.1 Å². The van der Waals surface area contributed by atoms with Gasteiger partial charge in [0.25, 0.3) is 0 Å². The van der Waals surface area contributed by atoms with Gasteiger partial charge in [0.05, 0.1) is 17.3 Å². The minimum atomic E-state index is -4.34. The van der Waals surface area contributed by atoms with Gasteiger partial charge in [-0.2, -0.15) is 21.9 Å². The molecule has 0 bridgehead atoms. The molecule has 1 aromatic carbocycles. The van der Waals surface area contributed by atoms with Gasteiger partial charge >= 0.3 is 6.18 Å². The summed E-state index contributed by atoms with van der Waals surface area (Å²) in [5, 5.41) is 3.04. The van der Waals surface area contributed by atoms with Crippen molar-refractivity contribution in [2.24, 2.45) is 0 Å². The third-order valence-corrected chi connectivity index (χ3v) is 3.05. The standard InChI is InChI=1S/C10H7ClF3N3S/c11-8-9(17-18-16-8)15-5-6-2-1-3-7(4-6)10(12,13)14/h1-4H,5H2,(H,15,17). The zero-order valence-electron chi connectivity index (χ0n) is 8.83. The number of nitrogens with one attached hydrogen (secondary N) is 1. The molecule has 0 aliphatic carbocycles. The lowest BCUT2D eigenvalue weighted by Gasteiger charge is -2.09. The van der Waals surface area contributed by atoms with Crippen LogP contribution in [0.1, 0.15) is 11.1 Å². The maximum absolute atomic E-state index is 12.5. The van der Waals surface area contributed by atoms with Crippen LogP contribution in [0, 0.1) is 0 Å². The van der Waals surface area contributed by atoms with Gasteiger partial charge in [0.1, 0.15) is 0 Å². The maximum Gasteiger partial charge on any atom is 0.416 e. The van der Waals surface area contributed by atoms with E-state index in [4.69, 9.17) is 11.6 Å². The number of aromatic nitrogens is 2. The summed E-state index contributed by atoms with van der Waals surface area (Å²) >= 11 is 6.64. The first kappa shape index (κ1) is 13.1. The topological polar surface area (TPSA) is 37.8 Å². The first-order valence-electron chi connectivity index (χ1n) is 4.85. The normalized spacial score (nSPS) is 11.6. The first-order valence-corrected chi connectivity index (χ1v) is 5.96. The lowest BCUT2D eigenvalue weighted by molar-refractivity contribution is -0.137. The van der Waals surface area contributed by atoms with E-state index in [0.717, 1.165) is 23.9 Å². The summed E-state index contributed by atoms with van der Waals surface area (Å²) in [5.41, 5.74) is -0.182. The van der Waals surface area contributed by atoms with Crippen LogP contribution in [0.25, 0.3) is 0 Å². The van der Waals surface area contributed by atoms with Crippen LogP contribution in [0.15, 0.2) is 24.3 Å². The molecule has 0 atom stereocenters. The molecule has 0 spiro atoms. The lowest BCUT2D eigenvalue weighted by atomic mass is 10.1. The van der Waals surface area contributed by atoms with Gasteiger partial charge in [0.2, 0.25) is 0 Å². The molecule has 96 valence electrons. The van der Waals surface area contributed by atoms with Crippen molar-refractivity contribution in [1.29, 1.82) is 0 Å². The smallest absolute Gasteiger partial charge is 0.363 e. The van der Waals surface area contributed by atoms with Crippen LogP contribution in [-0.4, -0.2) is 8.75 Å². The average molecular weight is 294 g/mol. The molecule has 0 saturated carbocycles. The van der Waals surface area contributed by atoms with Gasteiger partial charge in [-0.25, -0.2) is 0 Å². The number of halogens is 4. The Balaban J connectivity index is 2.09. The molecule has 3 nitrogen and oxygen atoms in total. The molecular formula is C10H7ClF3N3S. The molecule has 18 heavy (non-hydrogen) atoms. The fourth-order valence-corrected chi connectivity index (χ4v) is 2.01. The maximum atomic E-state index is 12.5. The van der Waals surface area contributed by atoms with Crippen molar-refractivity contribution in [1.82, 2.24) is 8.75 Å². The van der Waals surface area contributed by atoms with Crippen molar-refractivity contribution in [2.45, 2.75) is 12.7 Å². The van der Waals surface area contributed by atoms with Crippen LogP contribution < -0.4 is 5.32 Å². The molecule has 1 aromatic heterocycles. The Morgan fingerprint density at radius 3 is 2.67 bits per heavy atom. The Morgan fingerprint density at radius 2 is 2.06 bits per heavy atom. The summed E-state index contributed by atoms with van der Waals surface area (Å²) < 4.78 is 45.1. The molecule has 0 aliphatic heterocycles. The van der Waals surface area contributed by atoms with E-state index in [0.29, 0.717) is 11.4 Å². The fraction of sp³-hybridized carbons (Fsp3) is 0.200. The molecular weight excluding hydrogens is 287 g/mol. The number of hydrogen-bond acceptors (Lipinski definition) is 4. The minimum absolute atomic E-state index is 0.203. The SMILES string of the molecule is FC(F)(F)c1cccc(CNc2nsnc2Cl)c1. The molecule has 1 heterocycles. The van der Waals surface area contributed by atoms with Crippen molar-refractivity contribution >= 4 is 29.1 Å². The Bertz CT molecular complexity index is 541. The molecule has 8 heteroatoms. The van der Waals surface area contributed by atoms with E-state index >= 15 is 0 Å². The molecule has 2 aromatic rings. The van der Waals surface area contributed by atoms with E-state index in [9.17, 15) is 13.2 Å². The van der Waals surface area contributed by atoms with Crippen LogP contribution in [0.2, 0.25) is 5.15 Å². The van der Waals surface area contributed by atoms with E-state index in [1.807, 2.05) is 0 Å². The quantitative estimate of drug-likeness (QED) is 0.935. The summed E-state index contributed by atoms with van der Waals surface area (Å²) in [6.45, 7) is 0.203. The molecule has 2 rings (SSSR count). The summed E-state index contributed by atoms with van der Waals surface area (Å²) in [7, 11) is 0. The zero-order chi connectivity index (χ0) is 13.2. The highest BCUT2D eigenvalue weighted by atomic mass is 35.5. The Labute approximate surface area is 110 Å².